The summed E-state index contributed by atoms with van der Waals surface area (Å²) < 4.78 is 50.4. The third-order valence-corrected chi connectivity index (χ3v) is 2.60. The third-order valence-electron chi connectivity index (χ3n) is 2.35. The summed E-state index contributed by atoms with van der Waals surface area (Å²) >= 11 is 4.42. The first kappa shape index (κ1) is 12.3. The van der Waals surface area contributed by atoms with E-state index in [1.807, 2.05) is 0 Å². The van der Waals surface area contributed by atoms with Gasteiger partial charge in [-0.3, -0.25) is 0 Å². The Kier molecular flexibility index (Phi) is 3.59. The maximum absolute atomic E-state index is 13.5. The van der Waals surface area contributed by atoms with E-state index in [2.05, 4.69) is 12.2 Å². The van der Waals surface area contributed by atoms with E-state index in [-0.39, 0.29) is 18.6 Å². The van der Waals surface area contributed by atoms with Crippen LogP contribution in [0.1, 0.15) is 12.8 Å². The predicted molar refractivity (Wildman–Crippen MR) is 53.1 cm³/mol. The lowest BCUT2D eigenvalue weighted by Gasteiger charge is -2.27. The molecule has 0 aromatic rings. The molecule has 1 nitrogen and oxygen atoms in total. The average Bonchev–Trinajstić information content (AvgIpc) is 2.15. The lowest BCUT2D eigenvalue weighted by Crippen LogP contribution is -2.34. The second-order valence-electron chi connectivity index (χ2n) is 3.32. The summed E-state index contributed by atoms with van der Waals surface area (Å²) in [5.74, 6) is -1.05. The van der Waals surface area contributed by atoms with Crippen LogP contribution in [0.4, 0.5) is 17.6 Å². The Hall–Kier alpha value is -0.780. The number of allylic oxidation sites excluding steroid dienone is 2. The standard InChI is InChI=1S/C9H9F4NS/c10-8-5(7(14)4-15)2-1-3-6(8)9(11,12)13/h3-5,8,14H,1-2H2. The maximum atomic E-state index is 13.5. The van der Waals surface area contributed by atoms with Gasteiger partial charge in [-0.25, -0.2) is 4.39 Å². The highest BCUT2D eigenvalue weighted by Crippen LogP contribution is 2.38. The second-order valence-corrected chi connectivity index (χ2v) is 3.55. The summed E-state index contributed by atoms with van der Waals surface area (Å²) in [6.45, 7) is 0. The van der Waals surface area contributed by atoms with E-state index in [0.29, 0.717) is 0 Å². The SMILES string of the molecule is N=C(C=S)C1CCC=C(C(F)(F)F)C1F. The number of nitrogens with one attached hydrogen (secondary N) is 1. The largest absolute Gasteiger partial charge is 0.415 e. The Morgan fingerprint density at radius 3 is 2.60 bits per heavy atom. The summed E-state index contributed by atoms with van der Waals surface area (Å²) in [6.07, 6.45) is -5.62. The molecule has 0 heterocycles. The molecule has 0 fully saturated rings. The number of alkyl halides is 4. The van der Waals surface area contributed by atoms with E-state index >= 15 is 0 Å². The van der Waals surface area contributed by atoms with Gasteiger partial charge in [0.1, 0.15) is 6.17 Å². The fraction of sp³-hybridized carbons (Fsp3) is 0.556. The smallest absolute Gasteiger partial charge is 0.304 e. The van der Waals surface area contributed by atoms with Crippen LogP contribution in [0, 0.1) is 11.3 Å². The Morgan fingerprint density at radius 1 is 1.53 bits per heavy atom. The normalized spacial score (nSPS) is 27.1. The molecule has 0 aromatic carbocycles. The van der Waals surface area contributed by atoms with Crippen LogP contribution in [-0.4, -0.2) is 23.4 Å². The molecule has 6 heteroatoms. The number of hydrogen-bond acceptors (Lipinski definition) is 2. The minimum Gasteiger partial charge on any atom is -0.304 e. The summed E-state index contributed by atoms with van der Waals surface area (Å²) in [6, 6.07) is 0. The molecule has 0 bridgehead atoms. The lowest BCUT2D eigenvalue weighted by atomic mass is 9.84. The van der Waals surface area contributed by atoms with Crippen molar-refractivity contribution in [2.45, 2.75) is 25.2 Å². The van der Waals surface area contributed by atoms with Crippen molar-refractivity contribution in [3.05, 3.63) is 11.6 Å². The Bertz CT molecular complexity index is 308. The zero-order chi connectivity index (χ0) is 11.6. The monoisotopic (exact) mass is 239 g/mol. The Balaban J connectivity index is 2.91. The first-order valence-electron chi connectivity index (χ1n) is 4.33. The molecular weight excluding hydrogens is 230 g/mol. The van der Waals surface area contributed by atoms with Crippen LogP contribution in [0.15, 0.2) is 11.6 Å². The van der Waals surface area contributed by atoms with Gasteiger partial charge in [-0.05, 0) is 12.8 Å². The van der Waals surface area contributed by atoms with Gasteiger partial charge < -0.3 is 5.41 Å². The molecule has 1 aliphatic rings. The highest BCUT2D eigenvalue weighted by molar-refractivity contribution is 7.80. The van der Waals surface area contributed by atoms with Crippen molar-refractivity contribution in [1.29, 1.82) is 5.41 Å². The number of hydrogen-bond donors (Lipinski definition) is 1. The lowest BCUT2D eigenvalue weighted by molar-refractivity contribution is -0.103. The van der Waals surface area contributed by atoms with Crippen LogP contribution < -0.4 is 0 Å². The van der Waals surface area contributed by atoms with E-state index < -0.39 is 23.8 Å². The molecule has 1 aliphatic carbocycles. The van der Waals surface area contributed by atoms with Crippen molar-refractivity contribution in [3.8, 4) is 0 Å². The molecular formula is C9H9F4NS. The fourth-order valence-electron chi connectivity index (χ4n) is 1.57. The highest BCUT2D eigenvalue weighted by atomic mass is 32.1. The molecule has 15 heavy (non-hydrogen) atoms. The van der Waals surface area contributed by atoms with Gasteiger partial charge in [-0.15, -0.1) is 0 Å². The predicted octanol–water partition coefficient (Wildman–Crippen LogP) is 3.24. The topological polar surface area (TPSA) is 23.9 Å². The Morgan fingerprint density at radius 2 is 2.13 bits per heavy atom. The molecule has 0 spiro atoms. The molecule has 0 aliphatic heterocycles. The fourth-order valence-corrected chi connectivity index (χ4v) is 1.74. The van der Waals surface area contributed by atoms with Gasteiger partial charge in [0.2, 0.25) is 0 Å². The van der Waals surface area contributed by atoms with Gasteiger partial charge in [0.05, 0.1) is 5.57 Å². The summed E-state index contributed by atoms with van der Waals surface area (Å²) in [4.78, 5) is 0. The summed E-state index contributed by atoms with van der Waals surface area (Å²) in [5.41, 5.74) is -1.42. The van der Waals surface area contributed by atoms with E-state index in [0.717, 1.165) is 11.4 Å². The third kappa shape index (κ3) is 2.62. The van der Waals surface area contributed by atoms with Crippen LogP contribution >= 0.6 is 12.2 Å². The van der Waals surface area contributed by atoms with Gasteiger partial charge in [0.25, 0.3) is 0 Å². The Labute approximate surface area is 89.7 Å². The number of thiocarbonyl (C=S) groups is 1. The second kappa shape index (κ2) is 4.38. The van der Waals surface area contributed by atoms with Gasteiger partial charge in [0.15, 0.2) is 0 Å². The molecule has 0 amide bonds. The van der Waals surface area contributed by atoms with Crippen LogP contribution in [0.3, 0.4) is 0 Å². The van der Waals surface area contributed by atoms with Crippen molar-refractivity contribution in [2.75, 3.05) is 0 Å². The average molecular weight is 239 g/mol. The van der Waals surface area contributed by atoms with Gasteiger partial charge in [0, 0.05) is 17.0 Å². The zero-order valence-electron chi connectivity index (χ0n) is 7.64. The van der Waals surface area contributed by atoms with E-state index in [1.54, 1.807) is 0 Å². The van der Waals surface area contributed by atoms with E-state index in [1.165, 1.54) is 0 Å². The number of halogens is 4. The molecule has 2 atom stereocenters. The molecule has 1 rings (SSSR count). The van der Waals surface area contributed by atoms with Crippen LogP contribution in [0.2, 0.25) is 0 Å². The molecule has 84 valence electrons. The molecule has 2 unspecified atom stereocenters. The summed E-state index contributed by atoms with van der Waals surface area (Å²) in [7, 11) is 0. The highest BCUT2D eigenvalue weighted by Gasteiger charge is 2.44. The van der Waals surface area contributed by atoms with Crippen molar-refractivity contribution < 1.29 is 17.6 Å². The van der Waals surface area contributed by atoms with E-state index in [9.17, 15) is 17.6 Å². The zero-order valence-corrected chi connectivity index (χ0v) is 8.46. The van der Waals surface area contributed by atoms with Crippen LogP contribution in [0.5, 0.6) is 0 Å². The van der Waals surface area contributed by atoms with Crippen LogP contribution in [0.25, 0.3) is 0 Å². The molecule has 0 saturated heterocycles. The van der Waals surface area contributed by atoms with Gasteiger partial charge in [-0.1, -0.05) is 18.3 Å². The first-order chi connectivity index (χ1) is 6.88. The molecule has 0 radical (unpaired) electrons. The van der Waals surface area contributed by atoms with Crippen LogP contribution in [-0.2, 0) is 0 Å². The minimum absolute atomic E-state index is 0.130. The van der Waals surface area contributed by atoms with Crippen molar-refractivity contribution >= 4 is 23.3 Å². The van der Waals surface area contributed by atoms with Crippen molar-refractivity contribution in [1.82, 2.24) is 0 Å². The quantitative estimate of drug-likeness (QED) is 0.340. The first-order valence-corrected chi connectivity index (χ1v) is 4.80. The summed E-state index contributed by atoms with van der Waals surface area (Å²) in [5, 5.41) is 8.19. The minimum atomic E-state index is -4.65. The van der Waals surface area contributed by atoms with Crippen molar-refractivity contribution in [2.24, 2.45) is 5.92 Å². The number of rotatable bonds is 2. The molecule has 1 N–H and O–H groups in total. The molecule has 0 saturated carbocycles. The van der Waals surface area contributed by atoms with Crippen molar-refractivity contribution in [3.63, 3.8) is 0 Å². The van der Waals surface area contributed by atoms with Gasteiger partial charge in [-0.2, -0.15) is 13.2 Å². The molecule has 0 aromatic heterocycles. The maximum Gasteiger partial charge on any atom is 0.415 e. The van der Waals surface area contributed by atoms with E-state index in [4.69, 9.17) is 5.41 Å². The van der Waals surface area contributed by atoms with Gasteiger partial charge >= 0.3 is 6.18 Å².